The number of alkyl halides is 4. The number of aldehydes is 1. The summed E-state index contributed by atoms with van der Waals surface area (Å²) in [4.78, 5) is 10.2. The highest BCUT2D eigenvalue weighted by Gasteiger charge is 2.36. The number of rotatable bonds is 2. The van der Waals surface area contributed by atoms with E-state index in [1.165, 1.54) is 0 Å². The molecule has 3 nitrogen and oxygen atoms in total. The fourth-order valence-electron chi connectivity index (χ4n) is 0.805. The van der Waals surface area contributed by atoms with Crippen molar-refractivity contribution in [2.75, 3.05) is 0 Å². The Morgan fingerprint density at radius 3 is 2.54 bits per heavy atom. The zero-order chi connectivity index (χ0) is 10.1. The van der Waals surface area contributed by atoms with E-state index in [0.717, 1.165) is 10.9 Å². The molecule has 0 atom stereocenters. The first kappa shape index (κ1) is 10.0. The Kier molecular flexibility index (Phi) is 2.60. The van der Waals surface area contributed by atoms with Gasteiger partial charge >= 0.3 is 6.18 Å². The van der Waals surface area contributed by atoms with Crippen LogP contribution in [0.1, 0.15) is 16.1 Å². The summed E-state index contributed by atoms with van der Waals surface area (Å²) >= 11 is 5.24. The van der Waals surface area contributed by atoms with E-state index < -0.39 is 17.4 Å². The Labute approximate surface area is 76.1 Å². The van der Waals surface area contributed by atoms with Gasteiger partial charge in [0.15, 0.2) is 12.0 Å². The molecule has 0 aliphatic carbocycles. The highest BCUT2D eigenvalue weighted by molar-refractivity contribution is 6.15. The van der Waals surface area contributed by atoms with Gasteiger partial charge < -0.3 is 0 Å². The van der Waals surface area contributed by atoms with E-state index >= 15 is 0 Å². The summed E-state index contributed by atoms with van der Waals surface area (Å²) in [5.41, 5.74) is -1.71. The van der Waals surface area contributed by atoms with Crippen molar-refractivity contribution in [2.45, 2.75) is 12.2 Å². The molecule has 0 aliphatic rings. The van der Waals surface area contributed by atoms with Crippen molar-refractivity contribution in [2.24, 2.45) is 0 Å². The lowest BCUT2D eigenvalue weighted by Crippen LogP contribution is -2.09. The van der Waals surface area contributed by atoms with E-state index in [9.17, 15) is 18.0 Å². The van der Waals surface area contributed by atoms with Gasteiger partial charge in [-0.3, -0.25) is 9.48 Å². The summed E-state index contributed by atoms with van der Waals surface area (Å²) in [6.07, 6.45) is -3.57. The number of aromatic nitrogens is 2. The van der Waals surface area contributed by atoms with Crippen LogP contribution in [0.2, 0.25) is 0 Å². The predicted molar refractivity (Wildman–Crippen MR) is 38.5 cm³/mol. The standard InChI is InChI=1S/C6H4ClF3N2O/c7-3-12-1-4(2-13)5(11-12)6(8,9)10/h1-2H,3H2. The van der Waals surface area contributed by atoms with Gasteiger partial charge in [0.05, 0.1) is 5.56 Å². The van der Waals surface area contributed by atoms with E-state index in [4.69, 9.17) is 11.6 Å². The van der Waals surface area contributed by atoms with Gasteiger partial charge in [-0.05, 0) is 0 Å². The largest absolute Gasteiger partial charge is 0.435 e. The van der Waals surface area contributed by atoms with Gasteiger partial charge in [0.1, 0.15) is 6.00 Å². The zero-order valence-electron chi connectivity index (χ0n) is 6.18. The van der Waals surface area contributed by atoms with Crippen molar-refractivity contribution in [3.8, 4) is 0 Å². The number of carbonyl (C=O) groups is 1. The molecule has 1 heterocycles. The van der Waals surface area contributed by atoms with Gasteiger partial charge in [-0.1, -0.05) is 0 Å². The zero-order valence-corrected chi connectivity index (χ0v) is 6.93. The fraction of sp³-hybridized carbons (Fsp3) is 0.333. The van der Waals surface area contributed by atoms with Crippen LogP contribution in [0, 0.1) is 0 Å². The molecule has 0 fully saturated rings. The monoisotopic (exact) mass is 212 g/mol. The number of hydrogen-bond donors (Lipinski definition) is 0. The highest BCUT2D eigenvalue weighted by Crippen LogP contribution is 2.29. The summed E-state index contributed by atoms with van der Waals surface area (Å²) in [6.45, 7) is 0. The Morgan fingerprint density at radius 2 is 2.23 bits per heavy atom. The average molecular weight is 213 g/mol. The smallest absolute Gasteiger partial charge is 0.298 e. The van der Waals surface area contributed by atoms with Crippen LogP contribution in [-0.4, -0.2) is 16.1 Å². The maximum Gasteiger partial charge on any atom is 0.435 e. The van der Waals surface area contributed by atoms with Crippen LogP contribution >= 0.6 is 11.6 Å². The minimum absolute atomic E-state index is 0.0961. The Morgan fingerprint density at radius 1 is 1.62 bits per heavy atom. The normalized spacial score (nSPS) is 11.7. The molecule has 0 amide bonds. The lowest BCUT2D eigenvalue weighted by Gasteiger charge is -2.01. The molecule has 13 heavy (non-hydrogen) atoms. The van der Waals surface area contributed by atoms with E-state index in [1.54, 1.807) is 0 Å². The summed E-state index contributed by atoms with van der Waals surface area (Å²) < 4.78 is 37.2. The number of hydrogen-bond acceptors (Lipinski definition) is 2. The van der Waals surface area contributed by atoms with Crippen molar-refractivity contribution in [3.05, 3.63) is 17.5 Å². The third-order valence-corrected chi connectivity index (χ3v) is 1.55. The molecule has 1 rings (SSSR count). The van der Waals surface area contributed by atoms with Crippen LogP contribution in [0.15, 0.2) is 6.20 Å². The maximum atomic E-state index is 12.1. The minimum atomic E-state index is -4.62. The van der Waals surface area contributed by atoms with Crippen molar-refractivity contribution in [3.63, 3.8) is 0 Å². The topological polar surface area (TPSA) is 34.9 Å². The van der Waals surface area contributed by atoms with Crippen LogP contribution in [-0.2, 0) is 12.2 Å². The minimum Gasteiger partial charge on any atom is -0.298 e. The van der Waals surface area contributed by atoms with Gasteiger partial charge in [0.25, 0.3) is 0 Å². The van der Waals surface area contributed by atoms with Crippen molar-refractivity contribution < 1.29 is 18.0 Å². The highest BCUT2D eigenvalue weighted by atomic mass is 35.5. The van der Waals surface area contributed by atoms with Crippen LogP contribution in [0.3, 0.4) is 0 Å². The molecule has 7 heteroatoms. The molecule has 0 saturated heterocycles. The summed E-state index contributed by atoms with van der Waals surface area (Å²) in [5.74, 6) is 0. The molecule has 0 saturated carbocycles. The van der Waals surface area contributed by atoms with Crippen LogP contribution in [0.25, 0.3) is 0 Å². The quantitative estimate of drug-likeness (QED) is 0.554. The molecule has 72 valence electrons. The predicted octanol–water partition coefficient (Wildman–Crippen LogP) is 1.91. The first-order chi connectivity index (χ1) is 5.99. The van der Waals surface area contributed by atoms with E-state index in [-0.39, 0.29) is 12.3 Å². The summed E-state index contributed by atoms with van der Waals surface area (Å²) in [5, 5.41) is 3.10. The molecule has 0 unspecified atom stereocenters. The van der Waals surface area contributed by atoms with Gasteiger partial charge in [-0.25, -0.2) is 0 Å². The molecule has 1 aromatic rings. The first-order valence-corrected chi connectivity index (χ1v) is 3.68. The van der Waals surface area contributed by atoms with Gasteiger partial charge in [0.2, 0.25) is 0 Å². The molecule has 0 N–H and O–H groups in total. The Hall–Kier alpha value is -1.04. The second-order valence-corrected chi connectivity index (χ2v) is 2.45. The van der Waals surface area contributed by atoms with E-state index in [2.05, 4.69) is 5.10 Å². The van der Waals surface area contributed by atoms with E-state index in [1.807, 2.05) is 0 Å². The second-order valence-electron chi connectivity index (χ2n) is 2.21. The molecular formula is C6H4ClF3N2O. The van der Waals surface area contributed by atoms with E-state index in [0.29, 0.717) is 0 Å². The van der Waals surface area contributed by atoms with Gasteiger partial charge in [-0.2, -0.15) is 18.3 Å². The lowest BCUT2D eigenvalue weighted by atomic mass is 10.3. The van der Waals surface area contributed by atoms with Crippen LogP contribution in [0.4, 0.5) is 13.2 Å². The third kappa shape index (κ3) is 2.00. The average Bonchev–Trinajstić information content (AvgIpc) is 2.46. The lowest BCUT2D eigenvalue weighted by molar-refractivity contribution is -0.141. The Bertz CT molecular complexity index is 320. The molecule has 0 bridgehead atoms. The third-order valence-electron chi connectivity index (χ3n) is 1.31. The Balaban J connectivity index is 3.19. The van der Waals surface area contributed by atoms with Crippen LogP contribution in [0.5, 0.6) is 0 Å². The molecule has 0 aliphatic heterocycles. The summed E-state index contributed by atoms with van der Waals surface area (Å²) in [7, 11) is 0. The molecule has 0 aromatic carbocycles. The summed E-state index contributed by atoms with van der Waals surface area (Å²) in [6, 6.07) is -0.225. The van der Waals surface area contributed by atoms with Crippen molar-refractivity contribution in [1.82, 2.24) is 9.78 Å². The molecule has 0 spiro atoms. The van der Waals surface area contributed by atoms with Gasteiger partial charge in [-0.15, -0.1) is 11.6 Å². The van der Waals surface area contributed by atoms with Crippen molar-refractivity contribution in [1.29, 1.82) is 0 Å². The SMILES string of the molecule is O=Cc1cn(CCl)nc1C(F)(F)F. The molecule has 0 radical (unpaired) electrons. The maximum absolute atomic E-state index is 12.1. The van der Waals surface area contributed by atoms with Crippen molar-refractivity contribution >= 4 is 17.9 Å². The van der Waals surface area contributed by atoms with Crippen LogP contribution < -0.4 is 0 Å². The first-order valence-electron chi connectivity index (χ1n) is 3.15. The molecular weight excluding hydrogens is 209 g/mol. The number of halogens is 4. The van der Waals surface area contributed by atoms with Gasteiger partial charge in [0, 0.05) is 6.20 Å². The molecule has 1 aromatic heterocycles. The second kappa shape index (κ2) is 3.37. The number of nitrogens with zero attached hydrogens (tertiary/aromatic N) is 2. The fourth-order valence-corrected chi connectivity index (χ4v) is 0.927. The number of carbonyl (C=O) groups excluding carboxylic acids is 1.